The van der Waals surface area contributed by atoms with Crippen molar-refractivity contribution in [3.05, 3.63) is 60.3 Å². The molecule has 0 aliphatic rings. The Labute approximate surface area is 158 Å². The fourth-order valence-electron chi connectivity index (χ4n) is 2.71. The monoisotopic (exact) mass is 367 g/mol. The summed E-state index contributed by atoms with van der Waals surface area (Å²) in [6.07, 6.45) is 1.85. The van der Waals surface area contributed by atoms with Gasteiger partial charge in [0.15, 0.2) is 0 Å². The van der Waals surface area contributed by atoms with E-state index in [0.717, 1.165) is 29.7 Å². The zero-order chi connectivity index (χ0) is 18.5. The maximum absolute atomic E-state index is 12.5. The molecule has 5 nitrogen and oxygen atoms in total. The lowest BCUT2D eigenvalue weighted by Crippen LogP contribution is -2.32. The number of carbonyl (C=O) groups is 1. The average molecular weight is 367 g/mol. The predicted octanol–water partition coefficient (Wildman–Crippen LogP) is 4.43. The zero-order valence-electron chi connectivity index (χ0n) is 14.8. The molecule has 26 heavy (non-hydrogen) atoms. The molecule has 0 aliphatic heterocycles. The number of nitrogens with one attached hydrogen (secondary N) is 2. The number of thiocarbonyl (C=S) groups is 1. The maximum atomic E-state index is 12.5. The Hall–Kier alpha value is -2.86. The van der Waals surface area contributed by atoms with Gasteiger partial charge in [0.05, 0.1) is 11.2 Å². The van der Waals surface area contributed by atoms with Crippen LogP contribution in [0.3, 0.4) is 0 Å². The van der Waals surface area contributed by atoms with Gasteiger partial charge in [-0.1, -0.05) is 12.1 Å². The molecule has 0 aliphatic carbocycles. The number of aromatic amines is 1. The van der Waals surface area contributed by atoms with Gasteiger partial charge in [-0.2, -0.15) is 0 Å². The highest BCUT2D eigenvalue weighted by Crippen LogP contribution is 2.22. The molecular weight excluding hydrogens is 346 g/mol. The lowest BCUT2D eigenvalue weighted by atomic mass is 10.2. The molecule has 3 rings (SSSR count). The van der Waals surface area contributed by atoms with Crippen molar-refractivity contribution in [3.63, 3.8) is 0 Å². The summed E-state index contributed by atoms with van der Waals surface area (Å²) in [5, 5.41) is 4.43. The SMILES string of the molecule is CCN(CC)C(=S)Oc1ccc(C(=O)Nc2cccc3cc[nH]c23)cc1. The Morgan fingerprint density at radius 1 is 1.12 bits per heavy atom. The fraction of sp³-hybridized carbons (Fsp3) is 0.200. The Kier molecular flexibility index (Phi) is 5.53. The van der Waals surface area contributed by atoms with E-state index in [9.17, 15) is 4.79 Å². The molecule has 0 spiro atoms. The van der Waals surface area contributed by atoms with Gasteiger partial charge >= 0.3 is 0 Å². The number of carbonyl (C=O) groups excluding carboxylic acids is 1. The lowest BCUT2D eigenvalue weighted by Gasteiger charge is -2.21. The predicted molar refractivity (Wildman–Crippen MR) is 109 cm³/mol. The summed E-state index contributed by atoms with van der Waals surface area (Å²) >= 11 is 5.28. The largest absolute Gasteiger partial charge is 0.432 e. The van der Waals surface area contributed by atoms with Crippen molar-refractivity contribution in [1.82, 2.24) is 9.88 Å². The minimum atomic E-state index is -0.176. The van der Waals surface area contributed by atoms with Crippen LogP contribution in [0.1, 0.15) is 24.2 Å². The number of nitrogens with zero attached hydrogens (tertiary/aromatic N) is 1. The van der Waals surface area contributed by atoms with Crippen LogP contribution in [0.15, 0.2) is 54.7 Å². The molecular formula is C20H21N3O2S. The van der Waals surface area contributed by atoms with E-state index in [0.29, 0.717) is 16.5 Å². The minimum Gasteiger partial charge on any atom is -0.432 e. The van der Waals surface area contributed by atoms with Gasteiger partial charge < -0.3 is 19.9 Å². The quantitative estimate of drug-likeness (QED) is 0.655. The van der Waals surface area contributed by atoms with Crippen LogP contribution in [0, 0.1) is 0 Å². The van der Waals surface area contributed by atoms with Crippen LogP contribution in [0.25, 0.3) is 10.9 Å². The van der Waals surface area contributed by atoms with Crippen LogP contribution >= 0.6 is 12.2 Å². The molecule has 1 amide bonds. The molecule has 0 saturated heterocycles. The molecule has 1 heterocycles. The molecule has 0 atom stereocenters. The van der Waals surface area contributed by atoms with E-state index >= 15 is 0 Å². The molecule has 6 heteroatoms. The zero-order valence-corrected chi connectivity index (χ0v) is 15.6. The van der Waals surface area contributed by atoms with Crippen LogP contribution in [-0.2, 0) is 0 Å². The average Bonchev–Trinajstić information content (AvgIpc) is 3.13. The van der Waals surface area contributed by atoms with Gasteiger partial charge in [-0.05, 0) is 62.5 Å². The highest BCUT2D eigenvalue weighted by Gasteiger charge is 2.11. The van der Waals surface area contributed by atoms with Gasteiger partial charge in [0.2, 0.25) is 0 Å². The molecule has 0 radical (unpaired) electrons. The summed E-state index contributed by atoms with van der Waals surface area (Å²) in [5.74, 6) is 0.440. The van der Waals surface area contributed by atoms with Crippen molar-refractivity contribution in [2.45, 2.75) is 13.8 Å². The van der Waals surface area contributed by atoms with Gasteiger partial charge in [0.25, 0.3) is 11.1 Å². The Balaban J connectivity index is 1.69. The molecule has 0 bridgehead atoms. The number of hydrogen-bond donors (Lipinski definition) is 2. The first-order valence-corrected chi connectivity index (χ1v) is 8.97. The number of rotatable bonds is 5. The smallest absolute Gasteiger partial charge is 0.264 e. The summed E-state index contributed by atoms with van der Waals surface area (Å²) in [4.78, 5) is 17.6. The van der Waals surface area contributed by atoms with E-state index in [1.807, 2.05) is 49.2 Å². The third-order valence-corrected chi connectivity index (χ3v) is 4.52. The van der Waals surface area contributed by atoms with Gasteiger partial charge in [-0.25, -0.2) is 0 Å². The van der Waals surface area contributed by atoms with Crippen molar-refractivity contribution in [2.24, 2.45) is 0 Å². The highest BCUT2D eigenvalue weighted by molar-refractivity contribution is 7.80. The second-order valence-corrected chi connectivity index (χ2v) is 6.12. The van der Waals surface area contributed by atoms with E-state index < -0.39 is 0 Å². The van der Waals surface area contributed by atoms with Crippen LogP contribution in [-0.4, -0.2) is 34.1 Å². The van der Waals surface area contributed by atoms with Gasteiger partial charge in [-0.3, -0.25) is 4.79 Å². The van der Waals surface area contributed by atoms with Gasteiger partial charge in [-0.15, -0.1) is 0 Å². The first kappa shape index (κ1) is 17.9. The summed E-state index contributed by atoms with van der Waals surface area (Å²) in [6.45, 7) is 5.63. The minimum absolute atomic E-state index is 0.176. The van der Waals surface area contributed by atoms with Crippen molar-refractivity contribution < 1.29 is 9.53 Å². The number of benzene rings is 2. The van der Waals surface area contributed by atoms with Crippen molar-refractivity contribution in [3.8, 4) is 5.75 Å². The highest BCUT2D eigenvalue weighted by atomic mass is 32.1. The van der Waals surface area contributed by atoms with Gasteiger partial charge in [0, 0.05) is 30.2 Å². The normalized spacial score (nSPS) is 10.5. The number of para-hydroxylation sites is 1. The van der Waals surface area contributed by atoms with Crippen molar-refractivity contribution in [2.75, 3.05) is 18.4 Å². The number of ether oxygens (including phenoxy) is 1. The summed E-state index contributed by atoms with van der Waals surface area (Å²) < 4.78 is 5.68. The first-order chi connectivity index (χ1) is 12.6. The third kappa shape index (κ3) is 3.86. The second-order valence-electron chi connectivity index (χ2n) is 5.77. The summed E-state index contributed by atoms with van der Waals surface area (Å²) in [7, 11) is 0. The van der Waals surface area contributed by atoms with Crippen LogP contribution in [0.2, 0.25) is 0 Å². The number of H-pyrrole nitrogens is 1. The molecule has 0 fully saturated rings. The van der Waals surface area contributed by atoms with E-state index in [2.05, 4.69) is 10.3 Å². The van der Waals surface area contributed by atoms with E-state index in [4.69, 9.17) is 17.0 Å². The first-order valence-electron chi connectivity index (χ1n) is 8.56. The molecule has 1 aromatic heterocycles. The third-order valence-electron chi connectivity index (χ3n) is 4.18. The van der Waals surface area contributed by atoms with Crippen molar-refractivity contribution >= 4 is 39.9 Å². The van der Waals surface area contributed by atoms with E-state index in [-0.39, 0.29) is 5.91 Å². The number of hydrogen-bond acceptors (Lipinski definition) is 3. The molecule has 2 N–H and O–H groups in total. The second kappa shape index (κ2) is 8.01. The molecule has 2 aromatic carbocycles. The number of amides is 1. The Morgan fingerprint density at radius 2 is 1.85 bits per heavy atom. The van der Waals surface area contributed by atoms with Crippen LogP contribution < -0.4 is 10.1 Å². The topological polar surface area (TPSA) is 57.4 Å². The number of anilines is 1. The van der Waals surface area contributed by atoms with E-state index in [1.54, 1.807) is 24.3 Å². The Morgan fingerprint density at radius 3 is 2.54 bits per heavy atom. The summed E-state index contributed by atoms with van der Waals surface area (Å²) in [6, 6.07) is 14.7. The van der Waals surface area contributed by atoms with Gasteiger partial charge in [0.1, 0.15) is 5.75 Å². The van der Waals surface area contributed by atoms with E-state index in [1.165, 1.54) is 0 Å². The Bertz CT molecular complexity index is 914. The summed E-state index contributed by atoms with van der Waals surface area (Å²) in [5.41, 5.74) is 2.21. The number of aromatic nitrogens is 1. The molecule has 134 valence electrons. The standard InChI is InChI=1S/C20H21N3O2S/c1-3-23(4-2)20(26)25-16-10-8-15(9-11-16)19(24)22-17-7-5-6-14-12-13-21-18(14)17/h5-13,21H,3-4H2,1-2H3,(H,22,24). The maximum Gasteiger partial charge on any atom is 0.264 e. The van der Waals surface area contributed by atoms with Crippen molar-refractivity contribution in [1.29, 1.82) is 0 Å². The van der Waals surface area contributed by atoms with Crippen LogP contribution in [0.5, 0.6) is 5.75 Å². The molecule has 0 saturated carbocycles. The molecule has 0 unspecified atom stereocenters. The fourth-order valence-corrected chi connectivity index (χ4v) is 3.06. The number of fused-ring (bicyclic) bond motifs is 1. The lowest BCUT2D eigenvalue weighted by molar-refractivity contribution is 0.102. The van der Waals surface area contributed by atoms with Crippen LogP contribution in [0.4, 0.5) is 5.69 Å². The molecule has 3 aromatic rings.